The van der Waals surface area contributed by atoms with Crippen molar-refractivity contribution in [3.05, 3.63) is 76.2 Å². The Balaban J connectivity index is 1.88. The van der Waals surface area contributed by atoms with E-state index in [9.17, 15) is 14.7 Å². The molecule has 28 heavy (non-hydrogen) atoms. The summed E-state index contributed by atoms with van der Waals surface area (Å²) in [6.07, 6.45) is 3.27. The molecule has 0 saturated carbocycles. The number of hydrogen-bond acceptors (Lipinski definition) is 5. The standard InChI is InChI=1S/C21H20N4O3/c1-22-21(28)19-20(27)18(26)13-25(23-19)17-11-5-4-10-16(17)24-12-6-8-14-7-2-3-9-15(14)24/h2-5,7,9-11,13,26H,6,8,12H2,1H3,(H,22,28). The molecule has 2 aromatic carbocycles. The Morgan fingerprint density at radius 1 is 1.07 bits per heavy atom. The second-order valence-corrected chi connectivity index (χ2v) is 6.59. The smallest absolute Gasteiger partial charge is 0.275 e. The van der Waals surface area contributed by atoms with E-state index in [1.165, 1.54) is 23.5 Å². The van der Waals surface area contributed by atoms with Crippen LogP contribution in [-0.4, -0.2) is 34.4 Å². The molecule has 0 atom stereocenters. The predicted octanol–water partition coefficient (Wildman–Crippen LogP) is 2.38. The Bertz CT molecular complexity index is 1110. The lowest BCUT2D eigenvalue weighted by atomic mass is 10.0. The van der Waals surface area contributed by atoms with Crippen LogP contribution in [-0.2, 0) is 6.42 Å². The Morgan fingerprint density at radius 3 is 2.50 bits per heavy atom. The quantitative estimate of drug-likeness (QED) is 0.733. The molecule has 2 heterocycles. The molecule has 0 saturated heterocycles. The molecule has 1 aliphatic heterocycles. The maximum absolute atomic E-state index is 12.1. The summed E-state index contributed by atoms with van der Waals surface area (Å²) in [6, 6.07) is 15.8. The summed E-state index contributed by atoms with van der Waals surface area (Å²) >= 11 is 0. The van der Waals surface area contributed by atoms with E-state index in [4.69, 9.17) is 0 Å². The van der Waals surface area contributed by atoms with Crippen LogP contribution in [0.5, 0.6) is 5.75 Å². The Kier molecular flexibility index (Phi) is 4.57. The van der Waals surface area contributed by atoms with Gasteiger partial charge in [0, 0.05) is 19.3 Å². The SMILES string of the molecule is CNC(=O)c1nn(-c2ccccc2N2CCCc3ccccc32)cc(O)c1=O. The van der Waals surface area contributed by atoms with E-state index in [-0.39, 0.29) is 5.69 Å². The molecule has 7 heteroatoms. The molecule has 0 fully saturated rings. The summed E-state index contributed by atoms with van der Waals surface area (Å²) in [5.74, 6) is -1.17. The predicted molar refractivity (Wildman–Crippen MR) is 107 cm³/mol. The Morgan fingerprint density at radius 2 is 1.75 bits per heavy atom. The number of aromatic hydroxyl groups is 1. The molecule has 0 unspecified atom stereocenters. The van der Waals surface area contributed by atoms with Gasteiger partial charge in [-0.3, -0.25) is 9.59 Å². The van der Waals surface area contributed by atoms with Gasteiger partial charge in [0.15, 0.2) is 11.4 Å². The van der Waals surface area contributed by atoms with Crippen molar-refractivity contribution < 1.29 is 9.90 Å². The van der Waals surface area contributed by atoms with Crippen molar-refractivity contribution in [2.24, 2.45) is 0 Å². The molecule has 0 bridgehead atoms. The summed E-state index contributed by atoms with van der Waals surface area (Å²) in [5.41, 5.74) is 2.80. The third-order valence-corrected chi connectivity index (χ3v) is 4.87. The normalized spacial score (nSPS) is 13.1. The molecule has 0 radical (unpaired) electrons. The fourth-order valence-corrected chi connectivity index (χ4v) is 3.54. The molecule has 142 valence electrons. The van der Waals surface area contributed by atoms with Gasteiger partial charge in [-0.2, -0.15) is 5.10 Å². The monoisotopic (exact) mass is 376 g/mol. The number of para-hydroxylation sites is 3. The molecule has 7 nitrogen and oxygen atoms in total. The Labute approximate surface area is 161 Å². The van der Waals surface area contributed by atoms with E-state index in [2.05, 4.69) is 27.4 Å². The average Bonchev–Trinajstić information content (AvgIpc) is 2.74. The van der Waals surface area contributed by atoms with Crippen LogP contribution in [0, 0.1) is 0 Å². The van der Waals surface area contributed by atoms with Gasteiger partial charge in [0.2, 0.25) is 0 Å². The van der Waals surface area contributed by atoms with Gasteiger partial charge in [-0.05, 0) is 36.6 Å². The molecular weight excluding hydrogens is 356 g/mol. The molecule has 3 aromatic rings. The number of fused-ring (bicyclic) bond motifs is 1. The van der Waals surface area contributed by atoms with Gasteiger partial charge in [0.25, 0.3) is 11.3 Å². The summed E-state index contributed by atoms with van der Waals surface area (Å²) in [4.78, 5) is 26.3. The lowest BCUT2D eigenvalue weighted by Crippen LogP contribution is -2.29. The van der Waals surface area contributed by atoms with Crippen molar-refractivity contribution in [2.45, 2.75) is 12.8 Å². The molecule has 1 aromatic heterocycles. The number of nitrogens with zero attached hydrogens (tertiary/aromatic N) is 3. The number of benzene rings is 2. The van der Waals surface area contributed by atoms with Crippen LogP contribution in [0.3, 0.4) is 0 Å². The van der Waals surface area contributed by atoms with Gasteiger partial charge in [0.05, 0.1) is 17.6 Å². The van der Waals surface area contributed by atoms with Crippen LogP contribution >= 0.6 is 0 Å². The molecule has 2 N–H and O–H groups in total. The van der Waals surface area contributed by atoms with Crippen LogP contribution in [0.2, 0.25) is 0 Å². The van der Waals surface area contributed by atoms with Crippen LogP contribution in [0.25, 0.3) is 5.69 Å². The van der Waals surface area contributed by atoms with E-state index in [1.54, 1.807) is 0 Å². The number of aryl methyl sites for hydroxylation is 1. The second kappa shape index (κ2) is 7.19. The number of hydrogen-bond donors (Lipinski definition) is 2. The summed E-state index contributed by atoms with van der Waals surface area (Å²) < 4.78 is 1.38. The number of carbonyl (C=O) groups is 1. The van der Waals surface area contributed by atoms with E-state index in [1.807, 2.05) is 36.4 Å². The topological polar surface area (TPSA) is 87.5 Å². The van der Waals surface area contributed by atoms with Gasteiger partial charge in [-0.25, -0.2) is 4.68 Å². The molecule has 0 spiro atoms. The third kappa shape index (κ3) is 3.00. The first-order chi connectivity index (χ1) is 13.6. The fraction of sp³-hybridized carbons (Fsp3) is 0.190. The molecule has 4 rings (SSSR count). The highest BCUT2D eigenvalue weighted by Gasteiger charge is 2.22. The van der Waals surface area contributed by atoms with Gasteiger partial charge in [-0.15, -0.1) is 0 Å². The summed E-state index contributed by atoms with van der Waals surface area (Å²) in [7, 11) is 1.41. The van der Waals surface area contributed by atoms with E-state index >= 15 is 0 Å². The lowest BCUT2D eigenvalue weighted by Gasteiger charge is -2.32. The first-order valence-electron chi connectivity index (χ1n) is 9.10. The van der Waals surface area contributed by atoms with Gasteiger partial charge < -0.3 is 15.3 Å². The number of carbonyl (C=O) groups excluding carboxylic acids is 1. The van der Waals surface area contributed by atoms with E-state index in [0.717, 1.165) is 30.8 Å². The minimum Gasteiger partial charge on any atom is -0.503 e. The maximum atomic E-state index is 12.1. The highest BCUT2D eigenvalue weighted by Crippen LogP contribution is 2.36. The number of anilines is 2. The lowest BCUT2D eigenvalue weighted by molar-refractivity contribution is 0.0954. The largest absolute Gasteiger partial charge is 0.503 e. The van der Waals surface area contributed by atoms with Crippen molar-refractivity contribution in [3.8, 4) is 11.4 Å². The highest BCUT2D eigenvalue weighted by molar-refractivity contribution is 5.92. The molecule has 1 aliphatic rings. The minimum atomic E-state index is -0.795. The van der Waals surface area contributed by atoms with Gasteiger partial charge in [0.1, 0.15) is 0 Å². The van der Waals surface area contributed by atoms with Gasteiger partial charge in [-0.1, -0.05) is 30.3 Å². The maximum Gasteiger partial charge on any atom is 0.275 e. The summed E-state index contributed by atoms with van der Waals surface area (Å²) in [6.45, 7) is 0.836. The van der Waals surface area contributed by atoms with Crippen molar-refractivity contribution in [3.63, 3.8) is 0 Å². The molecule has 1 amide bonds. The van der Waals surface area contributed by atoms with Crippen LogP contribution in [0.4, 0.5) is 11.4 Å². The zero-order chi connectivity index (χ0) is 19.7. The number of amides is 1. The van der Waals surface area contributed by atoms with Gasteiger partial charge >= 0.3 is 0 Å². The fourth-order valence-electron chi connectivity index (χ4n) is 3.54. The Hall–Kier alpha value is -3.61. The zero-order valence-corrected chi connectivity index (χ0v) is 15.4. The first-order valence-corrected chi connectivity index (χ1v) is 9.10. The molecule has 0 aliphatic carbocycles. The van der Waals surface area contributed by atoms with Crippen LogP contribution in [0.15, 0.2) is 59.5 Å². The zero-order valence-electron chi connectivity index (χ0n) is 15.4. The second-order valence-electron chi connectivity index (χ2n) is 6.59. The number of aromatic nitrogens is 2. The summed E-state index contributed by atoms with van der Waals surface area (Å²) in [5, 5.41) is 16.7. The van der Waals surface area contributed by atoms with Crippen LogP contribution in [0.1, 0.15) is 22.5 Å². The first kappa shape index (κ1) is 17.8. The number of nitrogens with one attached hydrogen (secondary N) is 1. The molecular formula is C21H20N4O3. The van der Waals surface area contributed by atoms with Crippen molar-refractivity contribution in [1.29, 1.82) is 0 Å². The van der Waals surface area contributed by atoms with E-state index in [0.29, 0.717) is 5.69 Å². The van der Waals surface area contributed by atoms with Crippen molar-refractivity contribution in [2.75, 3.05) is 18.5 Å². The number of rotatable bonds is 3. The average molecular weight is 376 g/mol. The highest BCUT2D eigenvalue weighted by atomic mass is 16.3. The third-order valence-electron chi connectivity index (χ3n) is 4.87. The van der Waals surface area contributed by atoms with Crippen LogP contribution < -0.4 is 15.6 Å². The van der Waals surface area contributed by atoms with E-state index < -0.39 is 17.1 Å². The van der Waals surface area contributed by atoms with Crippen molar-refractivity contribution >= 4 is 17.3 Å². The minimum absolute atomic E-state index is 0.351. The van der Waals surface area contributed by atoms with Crippen molar-refractivity contribution in [1.82, 2.24) is 15.1 Å².